The highest BCUT2D eigenvalue weighted by Crippen LogP contribution is 2.25. The Balaban J connectivity index is 2.18. The number of rotatable bonds is 5. The Morgan fingerprint density at radius 3 is 2.50 bits per heavy atom. The average molecular weight is 336 g/mol. The van der Waals surface area contributed by atoms with Gasteiger partial charge < -0.3 is 15.2 Å². The minimum Gasteiger partial charge on any atom is -0.497 e. The van der Waals surface area contributed by atoms with Crippen molar-refractivity contribution in [1.82, 2.24) is 0 Å². The van der Waals surface area contributed by atoms with Gasteiger partial charge in [-0.2, -0.15) is 0 Å². The van der Waals surface area contributed by atoms with Crippen LogP contribution in [-0.2, 0) is 6.61 Å². The van der Waals surface area contributed by atoms with Crippen LogP contribution in [0.4, 0.5) is 0 Å². The van der Waals surface area contributed by atoms with Crippen LogP contribution in [0.25, 0.3) is 0 Å². The first-order valence-electron chi connectivity index (χ1n) is 5.95. The number of halogens is 1. The average Bonchev–Trinajstić information content (AvgIpc) is 2.46. The van der Waals surface area contributed by atoms with Crippen LogP contribution in [0.5, 0.6) is 11.5 Å². The highest BCUT2D eigenvalue weighted by molar-refractivity contribution is 9.10. The molecular formula is C15H14BrNO3. The van der Waals surface area contributed by atoms with E-state index in [-0.39, 0.29) is 0 Å². The van der Waals surface area contributed by atoms with Crippen molar-refractivity contribution in [1.29, 1.82) is 0 Å². The summed E-state index contributed by atoms with van der Waals surface area (Å²) in [5, 5.41) is 0. The van der Waals surface area contributed by atoms with Crippen molar-refractivity contribution in [2.24, 2.45) is 5.73 Å². The number of carbonyl (C=O) groups excluding carboxylic acids is 1. The Morgan fingerprint density at radius 1 is 1.20 bits per heavy atom. The summed E-state index contributed by atoms with van der Waals surface area (Å²) in [6.45, 7) is 0.348. The summed E-state index contributed by atoms with van der Waals surface area (Å²) >= 11 is 3.37. The fourth-order valence-corrected chi connectivity index (χ4v) is 1.96. The van der Waals surface area contributed by atoms with Crippen molar-refractivity contribution in [3.8, 4) is 11.5 Å². The summed E-state index contributed by atoms with van der Waals surface area (Å²) in [5.74, 6) is 0.499. The van der Waals surface area contributed by atoms with Gasteiger partial charge in [-0.25, -0.2) is 0 Å². The number of amides is 1. The lowest BCUT2D eigenvalue weighted by atomic mass is 10.2. The molecule has 2 aromatic rings. The van der Waals surface area contributed by atoms with E-state index in [2.05, 4.69) is 15.9 Å². The molecule has 0 saturated carbocycles. The van der Waals surface area contributed by atoms with Gasteiger partial charge in [0.1, 0.15) is 18.1 Å². The van der Waals surface area contributed by atoms with E-state index in [1.54, 1.807) is 25.3 Å². The molecule has 20 heavy (non-hydrogen) atoms. The third-order valence-electron chi connectivity index (χ3n) is 2.76. The van der Waals surface area contributed by atoms with Gasteiger partial charge in [0.05, 0.1) is 12.7 Å². The summed E-state index contributed by atoms with van der Waals surface area (Å²) in [5.41, 5.74) is 6.66. The first-order chi connectivity index (χ1) is 9.60. The Labute approximate surface area is 125 Å². The Bertz CT molecular complexity index is 611. The molecule has 0 saturated heterocycles. The summed E-state index contributed by atoms with van der Waals surface area (Å²) in [6.07, 6.45) is 0. The minimum atomic E-state index is -0.529. The lowest BCUT2D eigenvalue weighted by molar-refractivity contribution is 0.0996. The van der Waals surface area contributed by atoms with Gasteiger partial charge in [0.25, 0.3) is 5.91 Å². The molecule has 0 aliphatic rings. The molecular weight excluding hydrogens is 322 g/mol. The van der Waals surface area contributed by atoms with E-state index in [0.717, 1.165) is 10.0 Å². The van der Waals surface area contributed by atoms with E-state index in [9.17, 15) is 4.79 Å². The SMILES string of the molecule is COc1ccc(C(N)=O)c(OCc2ccc(Br)cc2)c1. The second-order valence-electron chi connectivity index (χ2n) is 4.14. The molecule has 0 atom stereocenters. The number of nitrogens with two attached hydrogens (primary N) is 1. The molecule has 104 valence electrons. The number of ether oxygens (including phenoxy) is 2. The van der Waals surface area contributed by atoms with Gasteiger partial charge in [-0.15, -0.1) is 0 Å². The smallest absolute Gasteiger partial charge is 0.252 e. The van der Waals surface area contributed by atoms with Crippen molar-refractivity contribution in [2.45, 2.75) is 6.61 Å². The van der Waals surface area contributed by atoms with Crippen LogP contribution < -0.4 is 15.2 Å². The first-order valence-corrected chi connectivity index (χ1v) is 6.74. The molecule has 0 aliphatic heterocycles. The van der Waals surface area contributed by atoms with Gasteiger partial charge in [-0.05, 0) is 29.8 Å². The van der Waals surface area contributed by atoms with Crippen LogP contribution in [0.3, 0.4) is 0 Å². The first kappa shape index (κ1) is 14.4. The molecule has 2 aromatic carbocycles. The lowest BCUT2D eigenvalue weighted by Crippen LogP contribution is -2.13. The third-order valence-corrected chi connectivity index (χ3v) is 3.29. The molecule has 0 unspecified atom stereocenters. The summed E-state index contributed by atoms with van der Waals surface area (Å²) in [7, 11) is 1.55. The lowest BCUT2D eigenvalue weighted by Gasteiger charge is -2.11. The van der Waals surface area contributed by atoms with Gasteiger partial charge in [-0.1, -0.05) is 28.1 Å². The summed E-state index contributed by atoms with van der Waals surface area (Å²) < 4.78 is 11.8. The van der Waals surface area contributed by atoms with Gasteiger partial charge in [0, 0.05) is 10.5 Å². The number of methoxy groups -OCH3 is 1. The van der Waals surface area contributed by atoms with Crippen LogP contribution in [0.1, 0.15) is 15.9 Å². The Hall–Kier alpha value is -2.01. The number of benzene rings is 2. The molecule has 0 fully saturated rings. The maximum Gasteiger partial charge on any atom is 0.252 e. The zero-order valence-corrected chi connectivity index (χ0v) is 12.5. The topological polar surface area (TPSA) is 61.5 Å². The maximum atomic E-state index is 11.4. The second kappa shape index (κ2) is 6.43. The molecule has 2 rings (SSSR count). The van der Waals surface area contributed by atoms with Gasteiger partial charge in [0.2, 0.25) is 0 Å². The van der Waals surface area contributed by atoms with Crippen LogP contribution in [0.2, 0.25) is 0 Å². The van der Waals surface area contributed by atoms with Crippen LogP contribution in [-0.4, -0.2) is 13.0 Å². The third kappa shape index (κ3) is 3.51. The monoisotopic (exact) mass is 335 g/mol. The molecule has 0 spiro atoms. The molecule has 0 aromatic heterocycles. The molecule has 2 N–H and O–H groups in total. The fraction of sp³-hybridized carbons (Fsp3) is 0.133. The normalized spacial score (nSPS) is 10.1. The highest BCUT2D eigenvalue weighted by atomic mass is 79.9. The largest absolute Gasteiger partial charge is 0.497 e. The second-order valence-corrected chi connectivity index (χ2v) is 5.06. The van der Waals surface area contributed by atoms with E-state index in [1.807, 2.05) is 24.3 Å². The predicted octanol–water partition coefficient (Wildman–Crippen LogP) is 3.14. The van der Waals surface area contributed by atoms with Gasteiger partial charge >= 0.3 is 0 Å². The minimum absolute atomic E-state index is 0.336. The molecule has 0 bridgehead atoms. The van der Waals surface area contributed by atoms with E-state index < -0.39 is 5.91 Å². The van der Waals surface area contributed by atoms with Crippen molar-refractivity contribution in [3.05, 3.63) is 58.1 Å². The molecule has 5 heteroatoms. The number of carbonyl (C=O) groups is 1. The van der Waals surface area contributed by atoms with E-state index in [1.165, 1.54) is 0 Å². The highest BCUT2D eigenvalue weighted by Gasteiger charge is 2.11. The maximum absolute atomic E-state index is 11.4. The van der Waals surface area contributed by atoms with Crippen molar-refractivity contribution in [2.75, 3.05) is 7.11 Å². The van der Waals surface area contributed by atoms with E-state index in [4.69, 9.17) is 15.2 Å². The number of primary amides is 1. The van der Waals surface area contributed by atoms with E-state index >= 15 is 0 Å². The quantitative estimate of drug-likeness (QED) is 0.912. The Morgan fingerprint density at radius 2 is 1.90 bits per heavy atom. The zero-order valence-electron chi connectivity index (χ0n) is 10.9. The van der Waals surface area contributed by atoms with Crippen molar-refractivity contribution < 1.29 is 14.3 Å². The fourth-order valence-electron chi connectivity index (χ4n) is 1.69. The Kier molecular flexibility index (Phi) is 4.63. The predicted molar refractivity (Wildman–Crippen MR) is 80.0 cm³/mol. The number of hydrogen-bond acceptors (Lipinski definition) is 3. The molecule has 1 amide bonds. The van der Waals surface area contributed by atoms with Gasteiger partial charge in [0.15, 0.2) is 0 Å². The van der Waals surface area contributed by atoms with E-state index in [0.29, 0.717) is 23.7 Å². The molecule has 0 radical (unpaired) electrons. The van der Waals surface area contributed by atoms with Crippen molar-refractivity contribution >= 4 is 21.8 Å². The van der Waals surface area contributed by atoms with Crippen LogP contribution in [0, 0.1) is 0 Å². The molecule has 0 heterocycles. The standard InChI is InChI=1S/C15H14BrNO3/c1-19-12-6-7-13(15(17)18)14(8-12)20-9-10-2-4-11(16)5-3-10/h2-8H,9H2,1H3,(H2,17,18). The van der Waals surface area contributed by atoms with Gasteiger partial charge in [-0.3, -0.25) is 4.79 Å². The van der Waals surface area contributed by atoms with Crippen molar-refractivity contribution in [3.63, 3.8) is 0 Å². The molecule has 0 aliphatic carbocycles. The van der Waals surface area contributed by atoms with Crippen LogP contribution in [0.15, 0.2) is 46.9 Å². The molecule has 4 nitrogen and oxygen atoms in total. The summed E-state index contributed by atoms with van der Waals surface area (Å²) in [6, 6.07) is 12.7. The number of hydrogen-bond donors (Lipinski definition) is 1. The zero-order chi connectivity index (χ0) is 14.5. The summed E-state index contributed by atoms with van der Waals surface area (Å²) in [4.78, 5) is 11.4. The van der Waals surface area contributed by atoms with Crippen LogP contribution >= 0.6 is 15.9 Å².